The van der Waals surface area contributed by atoms with Gasteiger partial charge >= 0.3 is 0 Å². The number of hydrogen-bond donors (Lipinski definition) is 1. The molecule has 0 aliphatic heterocycles. The van der Waals surface area contributed by atoms with Crippen molar-refractivity contribution in [3.8, 4) is 11.6 Å². The SMILES string of the molecule is Cc1cnc(-c2nc(=S)c(Br)c(CC(C)C)[nH]2)nc1. The molecular weight excluding hydrogens is 324 g/mol. The molecule has 0 spiro atoms. The Bertz CT molecular complexity index is 634. The van der Waals surface area contributed by atoms with Crippen LogP contribution in [-0.4, -0.2) is 19.9 Å². The third-order valence-electron chi connectivity index (χ3n) is 2.54. The summed E-state index contributed by atoms with van der Waals surface area (Å²) in [5.74, 6) is 1.70. The maximum Gasteiger partial charge on any atom is 0.195 e. The fraction of sp³-hybridized carbons (Fsp3) is 0.385. The van der Waals surface area contributed by atoms with Crippen LogP contribution in [0.5, 0.6) is 0 Å². The van der Waals surface area contributed by atoms with Gasteiger partial charge in [-0.25, -0.2) is 15.0 Å². The van der Waals surface area contributed by atoms with E-state index in [2.05, 4.69) is 49.7 Å². The predicted molar refractivity (Wildman–Crippen MR) is 81.4 cm³/mol. The monoisotopic (exact) mass is 338 g/mol. The average molecular weight is 339 g/mol. The Labute approximate surface area is 125 Å². The van der Waals surface area contributed by atoms with E-state index in [0.29, 0.717) is 22.2 Å². The highest BCUT2D eigenvalue weighted by molar-refractivity contribution is 9.10. The Morgan fingerprint density at radius 2 is 1.95 bits per heavy atom. The molecule has 0 aliphatic carbocycles. The second-order valence-electron chi connectivity index (χ2n) is 4.87. The topological polar surface area (TPSA) is 54.5 Å². The van der Waals surface area contributed by atoms with Gasteiger partial charge in [0, 0.05) is 18.1 Å². The zero-order chi connectivity index (χ0) is 14.0. The van der Waals surface area contributed by atoms with Gasteiger partial charge in [-0.1, -0.05) is 26.1 Å². The van der Waals surface area contributed by atoms with Crippen molar-refractivity contribution in [2.24, 2.45) is 5.92 Å². The Kier molecular flexibility index (Phi) is 4.42. The zero-order valence-electron chi connectivity index (χ0n) is 11.1. The molecule has 100 valence electrons. The molecular formula is C13H15BrN4S. The fourth-order valence-electron chi connectivity index (χ4n) is 1.68. The molecule has 0 saturated heterocycles. The average Bonchev–Trinajstić information content (AvgIpc) is 2.35. The number of aromatic nitrogens is 4. The maximum absolute atomic E-state index is 5.27. The van der Waals surface area contributed by atoms with E-state index in [4.69, 9.17) is 12.2 Å². The predicted octanol–water partition coefficient (Wildman–Crippen LogP) is 3.87. The molecule has 0 atom stereocenters. The van der Waals surface area contributed by atoms with Gasteiger partial charge in [-0.2, -0.15) is 0 Å². The first kappa shape index (κ1) is 14.3. The first-order chi connectivity index (χ1) is 8.97. The maximum atomic E-state index is 5.27. The first-order valence-corrected chi connectivity index (χ1v) is 7.25. The highest BCUT2D eigenvalue weighted by Crippen LogP contribution is 2.21. The van der Waals surface area contributed by atoms with Crippen molar-refractivity contribution in [3.05, 3.63) is 32.8 Å². The summed E-state index contributed by atoms with van der Waals surface area (Å²) >= 11 is 8.76. The van der Waals surface area contributed by atoms with Crippen LogP contribution in [0.1, 0.15) is 25.1 Å². The third-order valence-corrected chi connectivity index (χ3v) is 3.95. The number of aryl methyl sites for hydroxylation is 1. The van der Waals surface area contributed by atoms with Crippen molar-refractivity contribution in [2.45, 2.75) is 27.2 Å². The summed E-state index contributed by atoms with van der Waals surface area (Å²) in [6.45, 7) is 6.27. The summed E-state index contributed by atoms with van der Waals surface area (Å²) in [6.07, 6.45) is 4.43. The summed E-state index contributed by atoms with van der Waals surface area (Å²) < 4.78 is 1.39. The molecule has 6 heteroatoms. The van der Waals surface area contributed by atoms with Crippen molar-refractivity contribution >= 4 is 28.1 Å². The number of halogens is 1. The van der Waals surface area contributed by atoms with Gasteiger partial charge in [-0.05, 0) is 40.8 Å². The minimum absolute atomic E-state index is 0.524. The van der Waals surface area contributed by atoms with Gasteiger partial charge in [-0.15, -0.1) is 0 Å². The van der Waals surface area contributed by atoms with Gasteiger partial charge in [-0.3, -0.25) is 0 Å². The third kappa shape index (κ3) is 3.45. The molecule has 0 saturated carbocycles. The number of aromatic amines is 1. The standard InChI is InChI=1S/C13H15BrN4S/c1-7(2)4-9-10(14)13(19)18-12(17-9)11-15-5-8(3)6-16-11/h5-7H,4H2,1-3H3,(H,17,18,19). The van der Waals surface area contributed by atoms with Gasteiger partial charge in [0.05, 0.1) is 4.47 Å². The summed E-state index contributed by atoms with van der Waals surface area (Å²) in [4.78, 5) is 16.1. The molecule has 0 bridgehead atoms. The second-order valence-corrected chi connectivity index (χ2v) is 6.04. The lowest BCUT2D eigenvalue weighted by atomic mass is 10.1. The number of rotatable bonds is 3. The lowest BCUT2D eigenvalue weighted by Crippen LogP contribution is -2.04. The lowest BCUT2D eigenvalue weighted by molar-refractivity contribution is 0.631. The van der Waals surface area contributed by atoms with Crippen molar-refractivity contribution in [1.29, 1.82) is 0 Å². The van der Waals surface area contributed by atoms with Gasteiger partial charge in [0.25, 0.3) is 0 Å². The van der Waals surface area contributed by atoms with Gasteiger partial charge < -0.3 is 4.98 Å². The Morgan fingerprint density at radius 3 is 2.53 bits per heavy atom. The summed E-state index contributed by atoms with van der Waals surface area (Å²) in [5.41, 5.74) is 2.05. The summed E-state index contributed by atoms with van der Waals surface area (Å²) in [7, 11) is 0. The van der Waals surface area contributed by atoms with Crippen molar-refractivity contribution in [3.63, 3.8) is 0 Å². The zero-order valence-corrected chi connectivity index (χ0v) is 13.5. The van der Waals surface area contributed by atoms with Gasteiger partial charge in [0.15, 0.2) is 11.6 Å². The second kappa shape index (κ2) is 5.88. The number of nitrogens with one attached hydrogen (secondary N) is 1. The molecule has 4 nitrogen and oxygen atoms in total. The molecule has 2 rings (SSSR count). The van der Waals surface area contributed by atoms with Crippen molar-refractivity contribution < 1.29 is 0 Å². The molecule has 0 aliphatic rings. The number of hydrogen-bond acceptors (Lipinski definition) is 4. The van der Waals surface area contributed by atoms with Crippen LogP contribution < -0.4 is 0 Å². The van der Waals surface area contributed by atoms with E-state index < -0.39 is 0 Å². The van der Waals surface area contributed by atoms with E-state index in [-0.39, 0.29) is 0 Å². The van der Waals surface area contributed by atoms with Crippen LogP contribution in [0.15, 0.2) is 16.9 Å². The number of H-pyrrole nitrogens is 1. The Morgan fingerprint density at radius 1 is 1.32 bits per heavy atom. The van der Waals surface area contributed by atoms with Gasteiger partial charge in [0.1, 0.15) is 4.64 Å². The summed E-state index contributed by atoms with van der Waals surface area (Å²) in [6, 6.07) is 0. The van der Waals surface area contributed by atoms with E-state index >= 15 is 0 Å². The molecule has 19 heavy (non-hydrogen) atoms. The largest absolute Gasteiger partial charge is 0.339 e. The highest BCUT2D eigenvalue weighted by atomic mass is 79.9. The van der Waals surface area contributed by atoms with Crippen LogP contribution in [0, 0.1) is 17.5 Å². The van der Waals surface area contributed by atoms with E-state index in [9.17, 15) is 0 Å². The summed E-state index contributed by atoms with van der Waals surface area (Å²) in [5, 5.41) is 0. The Hall–Kier alpha value is -1.14. The molecule has 2 aromatic rings. The van der Waals surface area contributed by atoms with E-state index in [1.165, 1.54) is 0 Å². The fourth-order valence-corrected chi connectivity index (χ4v) is 2.24. The van der Waals surface area contributed by atoms with Crippen LogP contribution in [0.2, 0.25) is 0 Å². The number of nitrogens with zero attached hydrogens (tertiary/aromatic N) is 3. The van der Waals surface area contributed by atoms with Crippen LogP contribution in [0.4, 0.5) is 0 Å². The minimum Gasteiger partial charge on any atom is -0.339 e. The molecule has 1 N–H and O–H groups in total. The van der Waals surface area contributed by atoms with Crippen molar-refractivity contribution in [2.75, 3.05) is 0 Å². The van der Waals surface area contributed by atoms with E-state index in [0.717, 1.165) is 22.2 Å². The molecule has 0 amide bonds. The quantitative estimate of drug-likeness (QED) is 0.863. The molecule has 2 aromatic heterocycles. The first-order valence-electron chi connectivity index (χ1n) is 6.05. The van der Waals surface area contributed by atoms with Crippen LogP contribution in [0.3, 0.4) is 0 Å². The van der Waals surface area contributed by atoms with E-state index in [1.807, 2.05) is 6.92 Å². The molecule has 0 fully saturated rings. The lowest BCUT2D eigenvalue weighted by Gasteiger charge is -2.09. The smallest absolute Gasteiger partial charge is 0.195 e. The van der Waals surface area contributed by atoms with E-state index in [1.54, 1.807) is 12.4 Å². The van der Waals surface area contributed by atoms with Crippen LogP contribution in [-0.2, 0) is 6.42 Å². The minimum atomic E-state index is 0.524. The van der Waals surface area contributed by atoms with Crippen LogP contribution in [0.25, 0.3) is 11.6 Å². The van der Waals surface area contributed by atoms with Crippen LogP contribution >= 0.6 is 28.1 Å². The highest BCUT2D eigenvalue weighted by Gasteiger charge is 2.11. The van der Waals surface area contributed by atoms with Crippen molar-refractivity contribution in [1.82, 2.24) is 19.9 Å². The Balaban J connectivity index is 2.50. The molecule has 0 aromatic carbocycles. The van der Waals surface area contributed by atoms with Gasteiger partial charge in [0.2, 0.25) is 0 Å². The normalized spacial score (nSPS) is 11.0. The molecule has 0 unspecified atom stereocenters. The molecule has 0 radical (unpaired) electrons. The molecule has 2 heterocycles.